The zero-order valence-electron chi connectivity index (χ0n) is 27.9. The number of anilines is 3. The lowest BCUT2D eigenvalue weighted by atomic mass is 9.72. The molecule has 0 radical (unpaired) electrons. The minimum atomic E-state index is -0.491. The lowest BCUT2D eigenvalue weighted by molar-refractivity contribution is 0.638. The minimum Gasteiger partial charge on any atom is -0.456 e. The third-order valence-electron chi connectivity index (χ3n) is 11.3. The Balaban J connectivity index is 1.32. The van der Waals surface area contributed by atoms with E-state index < -0.39 is 5.41 Å². The van der Waals surface area contributed by atoms with E-state index in [2.05, 4.69) is 183 Å². The van der Waals surface area contributed by atoms with Crippen LogP contribution in [0.3, 0.4) is 0 Å². The summed E-state index contributed by atoms with van der Waals surface area (Å²) < 4.78 is 6.98. The Labute approximate surface area is 286 Å². The Morgan fingerprint density at radius 3 is 1.73 bits per heavy atom. The molecular weight excluding hydrogens is 595 g/mol. The van der Waals surface area contributed by atoms with E-state index in [1.54, 1.807) is 0 Å². The highest BCUT2D eigenvalue weighted by molar-refractivity contribution is 6.09. The normalized spacial score (nSPS) is 14.8. The van der Waals surface area contributed by atoms with E-state index in [0.29, 0.717) is 0 Å². The molecule has 0 fully saturated rings. The van der Waals surface area contributed by atoms with Gasteiger partial charge in [0.2, 0.25) is 0 Å². The Kier molecular flexibility index (Phi) is 5.79. The molecule has 10 rings (SSSR count). The van der Waals surface area contributed by atoms with Crippen LogP contribution in [0.5, 0.6) is 0 Å². The van der Waals surface area contributed by atoms with Crippen molar-refractivity contribution >= 4 is 39.0 Å². The van der Waals surface area contributed by atoms with Gasteiger partial charge in [-0.2, -0.15) is 0 Å². The summed E-state index contributed by atoms with van der Waals surface area (Å²) >= 11 is 0. The smallest absolute Gasteiger partial charge is 0.141 e. The van der Waals surface area contributed by atoms with Crippen molar-refractivity contribution in [2.24, 2.45) is 0 Å². The van der Waals surface area contributed by atoms with Gasteiger partial charge in [0.05, 0.1) is 5.69 Å². The minimum absolute atomic E-state index is 0.120. The van der Waals surface area contributed by atoms with Crippen molar-refractivity contribution in [2.45, 2.75) is 31.6 Å². The maximum Gasteiger partial charge on any atom is 0.141 e. The molecule has 0 atom stereocenters. The Hall–Kier alpha value is -5.86. The Morgan fingerprint density at radius 1 is 0.449 bits per heavy atom. The van der Waals surface area contributed by atoms with Gasteiger partial charge in [-0.15, -0.1) is 0 Å². The average Bonchev–Trinajstić information content (AvgIpc) is 3.73. The second-order valence-electron chi connectivity index (χ2n) is 14.2. The molecule has 8 aromatic rings. The summed E-state index contributed by atoms with van der Waals surface area (Å²) in [5.41, 5.74) is 16.3. The zero-order valence-corrected chi connectivity index (χ0v) is 27.9. The summed E-state index contributed by atoms with van der Waals surface area (Å²) in [6, 6.07) is 57.6. The largest absolute Gasteiger partial charge is 0.456 e. The van der Waals surface area contributed by atoms with Crippen LogP contribution in [0.2, 0.25) is 0 Å². The van der Waals surface area contributed by atoms with Gasteiger partial charge in [-0.1, -0.05) is 129 Å². The molecule has 0 aliphatic heterocycles. The summed E-state index contributed by atoms with van der Waals surface area (Å²) in [4.78, 5) is 2.45. The first-order chi connectivity index (χ1) is 24.0. The SMILES string of the molecule is CC1(C)c2ccccc2-c2ccc(N(c3ccccc3)c3ccc4c(oc5ccccc54)c3C3(C)c4ccccc4-c4ccccc43)cc21. The molecule has 1 heterocycles. The Bertz CT molecular complexity index is 2560. The van der Waals surface area contributed by atoms with Gasteiger partial charge in [-0.05, 0) is 93.9 Å². The van der Waals surface area contributed by atoms with Crippen LogP contribution in [0, 0.1) is 0 Å². The predicted octanol–water partition coefficient (Wildman–Crippen LogP) is 12.7. The van der Waals surface area contributed by atoms with Crippen molar-refractivity contribution in [3.63, 3.8) is 0 Å². The molecule has 0 saturated heterocycles. The van der Waals surface area contributed by atoms with Gasteiger partial charge in [0, 0.05) is 38.5 Å². The number of furan rings is 1. The zero-order chi connectivity index (χ0) is 32.9. The van der Waals surface area contributed by atoms with E-state index in [1.807, 2.05) is 0 Å². The lowest BCUT2D eigenvalue weighted by Crippen LogP contribution is -2.26. The van der Waals surface area contributed by atoms with Crippen molar-refractivity contribution in [3.05, 3.63) is 186 Å². The fourth-order valence-electron chi connectivity index (χ4n) is 9.01. The van der Waals surface area contributed by atoms with E-state index in [-0.39, 0.29) is 5.41 Å². The first-order valence-electron chi connectivity index (χ1n) is 17.2. The van der Waals surface area contributed by atoms with Crippen LogP contribution in [0.15, 0.2) is 162 Å². The molecule has 0 unspecified atom stereocenters. The van der Waals surface area contributed by atoms with Crippen LogP contribution < -0.4 is 4.90 Å². The van der Waals surface area contributed by atoms with Crippen molar-refractivity contribution in [3.8, 4) is 22.3 Å². The van der Waals surface area contributed by atoms with Crippen molar-refractivity contribution in [1.82, 2.24) is 0 Å². The van der Waals surface area contributed by atoms with E-state index >= 15 is 0 Å². The summed E-state index contributed by atoms with van der Waals surface area (Å²) in [6.45, 7) is 7.11. The van der Waals surface area contributed by atoms with E-state index in [1.165, 1.54) is 50.1 Å². The molecular formula is C47H35NO. The topological polar surface area (TPSA) is 16.4 Å². The maximum absolute atomic E-state index is 6.98. The van der Waals surface area contributed by atoms with Gasteiger partial charge < -0.3 is 9.32 Å². The molecule has 7 aromatic carbocycles. The molecule has 2 aliphatic carbocycles. The van der Waals surface area contributed by atoms with Gasteiger partial charge in [0.15, 0.2) is 0 Å². The summed E-state index contributed by atoms with van der Waals surface area (Å²) in [5, 5.41) is 2.27. The third kappa shape index (κ3) is 3.77. The fraction of sp³-hybridized carbons (Fsp3) is 0.106. The molecule has 234 valence electrons. The third-order valence-corrected chi connectivity index (χ3v) is 11.3. The van der Waals surface area contributed by atoms with Crippen molar-refractivity contribution in [2.75, 3.05) is 4.90 Å². The quantitative estimate of drug-likeness (QED) is 0.193. The van der Waals surface area contributed by atoms with E-state index in [9.17, 15) is 0 Å². The van der Waals surface area contributed by atoms with Crippen LogP contribution in [-0.4, -0.2) is 0 Å². The molecule has 1 aromatic heterocycles. The number of benzene rings is 7. The number of rotatable bonds is 4. The van der Waals surface area contributed by atoms with Crippen molar-refractivity contribution in [1.29, 1.82) is 0 Å². The average molecular weight is 630 g/mol. The van der Waals surface area contributed by atoms with Crippen molar-refractivity contribution < 1.29 is 4.42 Å². The van der Waals surface area contributed by atoms with Crippen LogP contribution in [-0.2, 0) is 10.8 Å². The monoisotopic (exact) mass is 629 g/mol. The number of fused-ring (bicyclic) bond motifs is 9. The molecule has 2 nitrogen and oxygen atoms in total. The molecule has 49 heavy (non-hydrogen) atoms. The highest BCUT2D eigenvalue weighted by Gasteiger charge is 2.45. The van der Waals surface area contributed by atoms with E-state index in [4.69, 9.17) is 4.42 Å². The van der Waals surface area contributed by atoms with Gasteiger partial charge in [0.1, 0.15) is 11.2 Å². The molecule has 0 spiro atoms. The van der Waals surface area contributed by atoms with Crippen LogP contribution in [0.25, 0.3) is 44.2 Å². The number of para-hydroxylation sites is 2. The lowest BCUT2D eigenvalue weighted by Gasteiger charge is -2.35. The number of nitrogens with zero attached hydrogens (tertiary/aromatic N) is 1. The second kappa shape index (κ2) is 10.1. The first kappa shape index (κ1) is 28.2. The first-order valence-corrected chi connectivity index (χ1v) is 17.2. The van der Waals surface area contributed by atoms with E-state index in [0.717, 1.165) is 39.0 Å². The van der Waals surface area contributed by atoms with Gasteiger partial charge in [0.25, 0.3) is 0 Å². The molecule has 0 N–H and O–H groups in total. The van der Waals surface area contributed by atoms with Gasteiger partial charge in [-0.25, -0.2) is 0 Å². The van der Waals surface area contributed by atoms with Gasteiger partial charge >= 0.3 is 0 Å². The fourth-order valence-corrected chi connectivity index (χ4v) is 9.01. The van der Waals surface area contributed by atoms with Crippen LogP contribution >= 0.6 is 0 Å². The highest BCUT2D eigenvalue weighted by atomic mass is 16.3. The number of hydrogen-bond acceptors (Lipinski definition) is 2. The highest BCUT2D eigenvalue weighted by Crippen LogP contribution is 2.58. The summed E-state index contributed by atoms with van der Waals surface area (Å²) in [5.74, 6) is 0. The molecule has 2 heteroatoms. The summed E-state index contributed by atoms with van der Waals surface area (Å²) in [7, 11) is 0. The maximum atomic E-state index is 6.98. The molecule has 0 saturated carbocycles. The van der Waals surface area contributed by atoms with Gasteiger partial charge in [-0.3, -0.25) is 0 Å². The molecule has 0 bridgehead atoms. The second-order valence-corrected chi connectivity index (χ2v) is 14.2. The predicted molar refractivity (Wildman–Crippen MR) is 203 cm³/mol. The van der Waals surface area contributed by atoms with Crippen LogP contribution in [0.4, 0.5) is 17.1 Å². The summed E-state index contributed by atoms with van der Waals surface area (Å²) in [6.07, 6.45) is 0. The standard InChI is InChI=1S/C47H35NO/c1-46(2)38-21-11-7-17-32(38)35-26-25-31(29-41(35)46)48(30-15-5-4-6-16-30)42-28-27-37-36-20-10-14-24-43(36)49-45(37)44(42)47(3)39-22-12-8-18-33(39)34-19-9-13-23-40(34)47/h4-29H,1-3H3. The number of hydrogen-bond donors (Lipinski definition) is 0. The Morgan fingerprint density at radius 2 is 1.02 bits per heavy atom. The van der Waals surface area contributed by atoms with Crippen LogP contribution in [0.1, 0.15) is 48.6 Å². The molecule has 0 amide bonds. The molecule has 2 aliphatic rings.